The van der Waals surface area contributed by atoms with Crippen LogP contribution >= 0.6 is 0 Å². The monoisotopic (exact) mass is 537 g/mol. The molecule has 0 radical (unpaired) electrons. The second-order valence-corrected chi connectivity index (χ2v) is 9.87. The average molecular weight is 538 g/mol. The minimum Gasteiger partial charge on any atom is -0.431 e. The van der Waals surface area contributed by atoms with Crippen molar-refractivity contribution >= 4 is 11.8 Å². The quantitative estimate of drug-likeness (QED) is 0.0404. The number of unbranched alkanes of at least 4 members (excludes halogenated alkanes) is 15. The molecule has 38 heavy (non-hydrogen) atoms. The van der Waals surface area contributed by atoms with E-state index < -0.39 is 11.1 Å². The van der Waals surface area contributed by atoms with Crippen molar-refractivity contribution in [2.24, 2.45) is 0 Å². The van der Waals surface area contributed by atoms with Crippen LogP contribution in [0, 0.1) is 10.1 Å². The number of hydrogen-bond acceptors (Lipinski definition) is 7. The van der Waals surface area contributed by atoms with Crippen LogP contribution in [0.3, 0.4) is 0 Å². The molecule has 0 aromatic heterocycles. The highest BCUT2D eigenvalue weighted by atomic mass is 16.7. The molecule has 1 atom stereocenters. The van der Waals surface area contributed by atoms with Crippen LogP contribution in [0.2, 0.25) is 0 Å². The summed E-state index contributed by atoms with van der Waals surface area (Å²) in [6, 6.07) is 5.24. The van der Waals surface area contributed by atoms with E-state index in [0.717, 1.165) is 12.8 Å². The molecule has 0 aliphatic heterocycles. The number of nitrogens with zero attached hydrogens (tertiary/aromatic N) is 1. The van der Waals surface area contributed by atoms with Crippen LogP contribution < -0.4 is 4.74 Å². The van der Waals surface area contributed by atoms with Gasteiger partial charge in [0.15, 0.2) is 0 Å². The van der Waals surface area contributed by atoms with Gasteiger partial charge in [-0.05, 0) is 25.5 Å². The molecular weight excluding hydrogens is 486 g/mol. The van der Waals surface area contributed by atoms with E-state index >= 15 is 0 Å². The summed E-state index contributed by atoms with van der Waals surface area (Å²) in [5.41, 5.74) is -0.0787. The summed E-state index contributed by atoms with van der Waals surface area (Å²) in [4.78, 5) is 22.2. The Kier molecular flexibility index (Phi) is 21.3. The van der Waals surface area contributed by atoms with E-state index in [1.165, 1.54) is 114 Å². The van der Waals surface area contributed by atoms with E-state index in [4.69, 9.17) is 18.9 Å². The van der Waals surface area contributed by atoms with Crippen LogP contribution in [-0.4, -0.2) is 43.6 Å². The number of benzene rings is 1. The molecule has 8 heteroatoms. The molecule has 1 aromatic carbocycles. The van der Waals surface area contributed by atoms with Gasteiger partial charge in [0.2, 0.25) is 0 Å². The van der Waals surface area contributed by atoms with Crippen molar-refractivity contribution in [2.45, 2.75) is 123 Å². The molecule has 0 saturated carbocycles. The molecule has 0 aliphatic rings. The number of ether oxygens (including phenoxy) is 4. The van der Waals surface area contributed by atoms with Gasteiger partial charge in [-0.2, -0.15) is 0 Å². The minimum absolute atomic E-state index is 0.0185. The second-order valence-electron chi connectivity index (χ2n) is 9.87. The Hall–Kier alpha value is -2.19. The van der Waals surface area contributed by atoms with Gasteiger partial charge in [-0.15, -0.1) is 0 Å². The highest BCUT2D eigenvalue weighted by Crippen LogP contribution is 2.18. The molecule has 0 unspecified atom stereocenters. The van der Waals surface area contributed by atoms with Crippen molar-refractivity contribution in [3.63, 3.8) is 0 Å². The largest absolute Gasteiger partial charge is 0.513 e. The van der Waals surface area contributed by atoms with E-state index in [1.807, 2.05) is 6.92 Å². The molecule has 0 fully saturated rings. The lowest BCUT2D eigenvalue weighted by atomic mass is 10.0. The Labute approximate surface area is 229 Å². The zero-order valence-corrected chi connectivity index (χ0v) is 23.8. The van der Waals surface area contributed by atoms with Gasteiger partial charge in [-0.3, -0.25) is 10.1 Å². The normalized spacial score (nSPS) is 11.8. The maximum atomic E-state index is 12.0. The third kappa shape index (κ3) is 19.0. The maximum absolute atomic E-state index is 12.0. The first-order chi connectivity index (χ1) is 18.6. The summed E-state index contributed by atoms with van der Waals surface area (Å²) >= 11 is 0. The minimum atomic E-state index is -0.883. The van der Waals surface area contributed by atoms with Gasteiger partial charge >= 0.3 is 6.16 Å². The molecule has 0 bridgehead atoms. The number of carbonyl (C=O) groups excluding carboxylic acids is 1. The average Bonchev–Trinajstić information content (AvgIpc) is 2.91. The van der Waals surface area contributed by atoms with E-state index in [-0.39, 0.29) is 24.1 Å². The van der Waals surface area contributed by atoms with E-state index in [9.17, 15) is 14.9 Å². The lowest BCUT2D eigenvalue weighted by Gasteiger charge is -2.17. The molecule has 218 valence electrons. The third-order valence-electron chi connectivity index (χ3n) is 6.50. The van der Waals surface area contributed by atoms with Crippen LogP contribution in [0.25, 0.3) is 0 Å². The topological polar surface area (TPSA) is 97.1 Å². The number of carbonyl (C=O) groups is 1. The second kappa shape index (κ2) is 23.9. The molecule has 0 amide bonds. The zero-order chi connectivity index (χ0) is 27.7. The van der Waals surface area contributed by atoms with Crippen molar-refractivity contribution in [3.8, 4) is 5.75 Å². The van der Waals surface area contributed by atoms with E-state index in [2.05, 4.69) is 6.92 Å². The summed E-state index contributed by atoms with van der Waals surface area (Å²) in [6.45, 7) is 5.66. The van der Waals surface area contributed by atoms with E-state index in [0.29, 0.717) is 19.8 Å². The SMILES string of the molecule is CCCCCCCCCCCCCCCCCCO[C@H](COCC)COC(=O)Oc1ccc([N+](=O)[O-])cc1. The van der Waals surface area contributed by atoms with Gasteiger partial charge in [-0.25, -0.2) is 4.79 Å². The molecule has 0 spiro atoms. The summed E-state index contributed by atoms with van der Waals surface area (Å²) < 4.78 is 21.5. The first kappa shape index (κ1) is 33.8. The van der Waals surface area contributed by atoms with Crippen LogP contribution in [0.15, 0.2) is 24.3 Å². The number of nitro groups is 1. The van der Waals surface area contributed by atoms with Gasteiger partial charge in [0, 0.05) is 25.3 Å². The Morgan fingerprint density at radius 1 is 0.763 bits per heavy atom. The number of non-ortho nitro benzene ring substituents is 1. The molecule has 8 nitrogen and oxygen atoms in total. The molecule has 1 rings (SSSR count). The summed E-state index contributed by atoms with van der Waals surface area (Å²) in [7, 11) is 0. The van der Waals surface area contributed by atoms with Crippen molar-refractivity contribution < 1.29 is 28.7 Å². The maximum Gasteiger partial charge on any atom is 0.513 e. The van der Waals surface area contributed by atoms with Crippen LogP contribution in [0.4, 0.5) is 10.5 Å². The molecule has 0 saturated heterocycles. The fourth-order valence-corrected chi connectivity index (χ4v) is 4.22. The summed E-state index contributed by atoms with van der Waals surface area (Å²) in [5, 5.41) is 10.7. The van der Waals surface area contributed by atoms with Crippen molar-refractivity contribution in [3.05, 3.63) is 34.4 Å². The highest BCUT2D eigenvalue weighted by Gasteiger charge is 2.15. The predicted octanol–water partition coefficient (Wildman–Crippen LogP) is 8.79. The number of nitro benzene ring substituents is 1. The van der Waals surface area contributed by atoms with E-state index in [1.54, 1.807) is 0 Å². The highest BCUT2D eigenvalue weighted by molar-refractivity contribution is 5.64. The molecule has 0 heterocycles. The lowest BCUT2D eigenvalue weighted by Crippen LogP contribution is -2.28. The smallest absolute Gasteiger partial charge is 0.431 e. The summed E-state index contributed by atoms with van der Waals surface area (Å²) in [5.74, 6) is 0.177. The summed E-state index contributed by atoms with van der Waals surface area (Å²) in [6.07, 6.45) is 19.9. The first-order valence-corrected chi connectivity index (χ1v) is 14.8. The van der Waals surface area contributed by atoms with Gasteiger partial charge in [0.25, 0.3) is 5.69 Å². The first-order valence-electron chi connectivity index (χ1n) is 14.8. The van der Waals surface area contributed by atoms with Gasteiger partial charge in [0.05, 0.1) is 11.5 Å². The molecular formula is C30H51NO7. The van der Waals surface area contributed by atoms with Crippen molar-refractivity contribution in [1.29, 1.82) is 0 Å². The Morgan fingerprint density at radius 2 is 1.26 bits per heavy atom. The Morgan fingerprint density at radius 3 is 1.74 bits per heavy atom. The number of rotatable bonds is 25. The van der Waals surface area contributed by atoms with Gasteiger partial charge < -0.3 is 18.9 Å². The zero-order valence-electron chi connectivity index (χ0n) is 23.8. The lowest BCUT2D eigenvalue weighted by molar-refractivity contribution is -0.384. The fraction of sp³-hybridized carbons (Fsp3) is 0.767. The van der Waals surface area contributed by atoms with Crippen molar-refractivity contribution in [1.82, 2.24) is 0 Å². The predicted molar refractivity (Wildman–Crippen MR) is 151 cm³/mol. The molecule has 0 aliphatic carbocycles. The van der Waals surface area contributed by atoms with Crippen LogP contribution in [0.5, 0.6) is 5.75 Å². The number of hydrogen-bond donors (Lipinski definition) is 0. The molecule has 0 N–H and O–H groups in total. The van der Waals surface area contributed by atoms with Crippen LogP contribution in [-0.2, 0) is 14.2 Å². The van der Waals surface area contributed by atoms with Gasteiger partial charge in [0.1, 0.15) is 18.5 Å². The fourth-order valence-electron chi connectivity index (χ4n) is 4.22. The third-order valence-corrected chi connectivity index (χ3v) is 6.50. The molecule has 1 aromatic rings. The van der Waals surface area contributed by atoms with Gasteiger partial charge in [-0.1, -0.05) is 103 Å². The van der Waals surface area contributed by atoms with Crippen molar-refractivity contribution in [2.75, 3.05) is 26.4 Å². The Balaban J connectivity index is 2.03. The standard InChI is InChI=1S/C30H51NO7/c1-3-5-6-7-8-9-10-11-12-13-14-15-16-17-18-19-24-36-29(25-35-4-2)26-37-30(32)38-28-22-20-27(21-23-28)31(33)34/h20-23,29H,3-19,24-26H2,1-2H3/t29-/m1/s1. The van der Waals surface area contributed by atoms with Crippen LogP contribution in [0.1, 0.15) is 117 Å². The Bertz CT molecular complexity index is 711.